The van der Waals surface area contributed by atoms with Crippen molar-refractivity contribution in [1.29, 1.82) is 0 Å². The first-order chi connectivity index (χ1) is 25.1. The predicted molar refractivity (Wildman–Crippen MR) is 219 cm³/mol. The summed E-state index contributed by atoms with van der Waals surface area (Å²) in [5, 5.41) is 41.2. The number of carbonyl (C=O) groups excluding carboxylic acids is 1. The molecule has 12 heteroatoms. The van der Waals surface area contributed by atoms with Gasteiger partial charge < -0.3 is 20.4 Å². The molecule has 0 saturated heterocycles. The van der Waals surface area contributed by atoms with Gasteiger partial charge in [-0.2, -0.15) is 0 Å². The van der Waals surface area contributed by atoms with Gasteiger partial charge in [-0.05, 0) is 120 Å². The van der Waals surface area contributed by atoms with Gasteiger partial charge >= 0.3 is 5.97 Å². The largest absolute Gasteiger partial charge is 0.478 e. The van der Waals surface area contributed by atoms with Crippen LogP contribution in [0.4, 0.5) is 0 Å². The fraction of sp³-hybridized carbons (Fsp3) is 0.302. The second-order valence-corrected chi connectivity index (χ2v) is 15.8. The highest BCUT2D eigenvalue weighted by atomic mass is 35.5. The number of hydrogen-bond acceptors (Lipinski definition) is 9. The van der Waals surface area contributed by atoms with Gasteiger partial charge in [0, 0.05) is 53.0 Å². The average molecular weight is 788 g/mol. The van der Waals surface area contributed by atoms with Crippen LogP contribution in [0.15, 0.2) is 85.2 Å². The Balaban J connectivity index is 0.000000259. The summed E-state index contributed by atoms with van der Waals surface area (Å²) in [6.07, 6.45) is 4.97. The van der Waals surface area contributed by atoms with E-state index >= 15 is 0 Å². The third-order valence-corrected chi connectivity index (χ3v) is 8.02. The number of fused-ring (bicyclic) bond motifs is 2. The average Bonchev–Trinajstić information content (AvgIpc) is 3.06. The summed E-state index contributed by atoms with van der Waals surface area (Å²) in [6, 6.07) is 21.6. The van der Waals surface area contributed by atoms with E-state index in [2.05, 4.69) is 19.9 Å². The van der Waals surface area contributed by atoms with Gasteiger partial charge in [0.05, 0.1) is 43.6 Å². The summed E-state index contributed by atoms with van der Waals surface area (Å²) in [5.74, 6) is -1.05. The molecule has 6 aromatic rings. The molecule has 0 aliphatic heterocycles. The lowest BCUT2D eigenvalue weighted by molar-refractivity contribution is 0.0684. The number of aliphatic hydroxyl groups is 3. The number of rotatable bonds is 8. The summed E-state index contributed by atoms with van der Waals surface area (Å²) in [4.78, 5) is 40.0. The van der Waals surface area contributed by atoms with E-state index in [4.69, 9.17) is 28.3 Å². The molecular formula is C43H48Cl2N4O6. The van der Waals surface area contributed by atoms with Crippen LogP contribution in [0, 0.1) is 0 Å². The number of carboxylic acid groups (broad SMARTS) is 1. The first-order valence-electron chi connectivity index (χ1n) is 17.0. The maximum absolute atomic E-state index is 11.4. The Bertz CT molecular complexity index is 2290. The minimum atomic E-state index is -1.22. The minimum absolute atomic E-state index is 0. The van der Waals surface area contributed by atoms with E-state index in [1.807, 2.05) is 48.5 Å². The molecular weight excluding hydrogens is 739 g/mol. The third-order valence-electron chi connectivity index (χ3n) is 7.61. The van der Waals surface area contributed by atoms with Gasteiger partial charge in [-0.15, -0.1) is 0 Å². The van der Waals surface area contributed by atoms with Crippen molar-refractivity contribution in [3.05, 3.63) is 140 Å². The lowest BCUT2D eigenvalue weighted by Crippen LogP contribution is -2.19. The van der Waals surface area contributed by atoms with Gasteiger partial charge in [0.15, 0.2) is 0 Å². The van der Waals surface area contributed by atoms with Crippen molar-refractivity contribution in [2.75, 3.05) is 0 Å². The molecule has 0 radical (unpaired) electrons. The zero-order valence-corrected chi connectivity index (χ0v) is 32.7. The SMILES string of the molecule is C.CC(C)(C)O.CC(C)(O)c1cc(C(=O)O)cc(Cc2ccc3ncc(Cl)cc3c2)n1.CC(C)(O)c1cc(C=O)cc(Cc2ccc3ncc(Cl)cc3c2)n1. The molecule has 0 fully saturated rings. The van der Waals surface area contributed by atoms with Crippen LogP contribution in [0.2, 0.25) is 10.0 Å². The smallest absolute Gasteiger partial charge is 0.335 e. The number of benzene rings is 2. The lowest BCUT2D eigenvalue weighted by atomic mass is 10.00. The highest BCUT2D eigenvalue weighted by molar-refractivity contribution is 6.31. The van der Waals surface area contributed by atoms with Gasteiger partial charge in [0.25, 0.3) is 0 Å². The van der Waals surface area contributed by atoms with Gasteiger partial charge in [-0.3, -0.25) is 24.7 Å². The van der Waals surface area contributed by atoms with Gasteiger partial charge in [-0.25, -0.2) is 4.79 Å². The Labute approximate surface area is 331 Å². The van der Waals surface area contributed by atoms with Crippen molar-refractivity contribution < 1.29 is 30.0 Å². The highest BCUT2D eigenvalue weighted by Gasteiger charge is 2.22. The molecule has 2 aromatic carbocycles. The number of hydrogen-bond donors (Lipinski definition) is 4. The van der Waals surface area contributed by atoms with E-state index in [0.717, 1.165) is 44.9 Å². The number of carbonyl (C=O) groups is 2. The number of carboxylic acids is 1. The Hall–Kier alpha value is -4.84. The van der Waals surface area contributed by atoms with Crippen LogP contribution in [0.3, 0.4) is 0 Å². The van der Waals surface area contributed by atoms with Crippen LogP contribution in [0.5, 0.6) is 0 Å². The molecule has 0 amide bonds. The molecule has 4 N–H and O–H groups in total. The number of nitrogens with zero attached hydrogens (tertiary/aromatic N) is 4. The van der Waals surface area contributed by atoms with Crippen LogP contribution in [0.25, 0.3) is 21.8 Å². The molecule has 4 heterocycles. The normalized spacial score (nSPS) is 11.5. The zero-order chi connectivity index (χ0) is 40.0. The van der Waals surface area contributed by atoms with E-state index in [1.165, 1.54) is 12.1 Å². The molecule has 0 atom stereocenters. The maximum Gasteiger partial charge on any atom is 0.335 e. The highest BCUT2D eigenvalue weighted by Crippen LogP contribution is 2.25. The van der Waals surface area contributed by atoms with Crippen molar-refractivity contribution >= 4 is 57.3 Å². The van der Waals surface area contributed by atoms with Crippen molar-refractivity contribution in [2.45, 2.75) is 85.5 Å². The van der Waals surface area contributed by atoms with Crippen LogP contribution in [-0.2, 0) is 24.0 Å². The maximum atomic E-state index is 11.4. The molecule has 0 spiro atoms. The lowest BCUT2D eigenvalue weighted by Gasteiger charge is -2.18. The van der Waals surface area contributed by atoms with Crippen LogP contribution in [-0.4, -0.2) is 58.2 Å². The number of aromatic nitrogens is 4. The Morgan fingerprint density at radius 2 is 1.07 bits per heavy atom. The second kappa shape index (κ2) is 18.2. The van der Waals surface area contributed by atoms with Crippen molar-refractivity contribution in [3.8, 4) is 0 Å². The molecule has 0 aliphatic rings. The fourth-order valence-corrected chi connectivity index (χ4v) is 5.48. The molecule has 0 aliphatic carbocycles. The van der Waals surface area contributed by atoms with E-state index in [9.17, 15) is 24.9 Å². The van der Waals surface area contributed by atoms with E-state index < -0.39 is 22.8 Å². The van der Waals surface area contributed by atoms with E-state index in [1.54, 1.807) is 73.0 Å². The molecule has 290 valence electrons. The molecule has 0 saturated carbocycles. The molecule has 10 nitrogen and oxygen atoms in total. The van der Waals surface area contributed by atoms with Gasteiger partial charge in [-0.1, -0.05) is 42.8 Å². The molecule has 4 aromatic heterocycles. The van der Waals surface area contributed by atoms with Crippen LogP contribution < -0.4 is 0 Å². The first kappa shape index (κ1) is 44.6. The number of aromatic carboxylic acids is 1. The van der Waals surface area contributed by atoms with E-state index in [0.29, 0.717) is 45.5 Å². The topological polar surface area (TPSA) is 167 Å². The van der Waals surface area contributed by atoms with Crippen molar-refractivity contribution in [1.82, 2.24) is 19.9 Å². The fourth-order valence-electron chi connectivity index (χ4n) is 5.14. The molecule has 55 heavy (non-hydrogen) atoms. The minimum Gasteiger partial charge on any atom is -0.478 e. The van der Waals surface area contributed by atoms with E-state index in [-0.39, 0.29) is 13.0 Å². The quantitative estimate of drug-likeness (QED) is 0.109. The second-order valence-electron chi connectivity index (χ2n) is 14.9. The molecule has 6 rings (SSSR count). The van der Waals surface area contributed by atoms with Gasteiger partial charge in [0.2, 0.25) is 0 Å². The third kappa shape index (κ3) is 13.8. The monoisotopic (exact) mass is 786 g/mol. The van der Waals surface area contributed by atoms with Crippen molar-refractivity contribution in [3.63, 3.8) is 0 Å². The van der Waals surface area contributed by atoms with Crippen molar-refractivity contribution in [2.24, 2.45) is 0 Å². The Kier molecular flexibility index (Phi) is 14.7. The number of pyridine rings is 4. The first-order valence-corrected chi connectivity index (χ1v) is 17.8. The van der Waals surface area contributed by atoms with Crippen LogP contribution in [0.1, 0.15) is 111 Å². The number of halogens is 2. The molecule has 0 bridgehead atoms. The standard InChI is InChI=1S/C19H17ClN2O3.C19H17ClN2O2.C4H10O.CH4/c1-19(2,25)17-9-13(18(23)24)8-15(22-17)6-11-3-4-16-12(5-11)7-14(20)10-21-16;1-19(2,24)18-8-13(11-23)7-16(22-18)6-12-3-4-17-14(5-12)9-15(20)10-21-17;1-4(2,3)5;/h3-5,7-10,25H,6H2,1-2H3,(H,23,24);3-5,7-11,24H,6H2,1-2H3;5H,1-3H3;1H4. The summed E-state index contributed by atoms with van der Waals surface area (Å²) < 4.78 is 0. The zero-order valence-electron chi connectivity index (χ0n) is 31.2. The summed E-state index contributed by atoms with van der Waals surface area (Å²) >= 11 is 12.0. The van der Waals surface area contributed by atoms with Crippen LogP contribution >= 0.6 is 23.2 Å². The summed E-state index contributed by atoms with van der Waals surface area (Å²) in [5.41, 5.74) is 3.58. The summed E-state index contributed by atoms with van der Waals surface area (Å²) in [6.45, 7) is 11.7. The Morgan fingerprint density at radius 3 is 1.47 bits per heavy atom. The predicted octanol–water partition coefficient (Wildman–Crippen LogP) is 9.13. The summed E-state index contributed by atoms with van der Waals surface area (Å²) in [7, 11) is 0. The Morgan fingerprint density at radius 1 is 0.655 bits per heavy atom. The van der Waals surface area contributed by atoms with Gasteiger partial charge in [0.1, 0.15) is 17.5 Å². The number of aldehydes is 1. The molecule has 0 unspecified atom stereocenters.